The quantitative estimate of drug-likeness (QED) is 0.924. The van der Waals surface area contributed by atoms with Crippen molar-refractivity contribution in [2.24, 2.45) is 0 Å². The number of halogens is 3. The van der Waals surface area contributed by atoms with Gasteiger partial charge in [0.1, 0.15) is 0 Å². The van der Waals surface area contributed by atoms with Crippen molar-refractivity contribution in [1.82, 2.24) is 10.2 Å². The molecule has 0 amide bonds. The van der Waals surface area contributed by atoms with Gasteiger partial charge in [0.15, 0.2) is 0 Å². The Kier molecular flexibility index (Phi) is 4.68. The van der Waals surface area contributed by atoms with Gasteiger partial charge >= 0.3 is 6.18 Å². The van der Waals surface area contributed by atoms with Gasteiger partial charge in [-0.15, -0.1) is 0 Å². The normalized spacial score (nSPS) is 19.7. The minimum atomic E-state index is -4.28. The lowest BCUT2D eigenvalue weighted by atomic mass is 10.0. The second kappa shape index (κ2) is 6.72. The van der Waals surface area contributed by atoms with Crippen LogP contribution in [0.5, 0.6) is 0 Å². The largest absolute Gasteiger partial charge is 0.416 e. The number of hydrogen-bond acceptors (Lipinski definition) is 2. The molecular formula is C18H19F3N2. The summed E-state index contributed by atoms with van der Waals surface area (Å²) < 4.78 is 37.9. The Morgan fingerprint density at radius 3 is 2.35 bits per heavy atom. The molecule has 1 unspecified atom stereocenters. The van der Waals surface area contributed by atoms with Gasteiger partial charge in [0.2, 0.25) is 0 Å². The Bertz CT molecular complexity index is 623. The molecule has 122 valence electrons. The molecule has 1 heterocycles. The summed E-state index contributed by atoms with van der Waals surface area (Å²) in [6, 6.07) is 15.8. The summed E-state index contributed by atoms with van der Waals surface area (Å²) in [6.45, 7) is 3.42. The minimum Gasteiger partial charge on any atom is -0.308 e. The van der Waals surface area contributed by atoms with Gasteiger partial charge < -0.3 is 5.32 Å². The van der Waals surface area contributed by atoms with E-state index in [0.717, 1.165) is 43.9 Å². The van der Waals surface area contributed by atoms with E-state index in [4.69, 9.17) is 0 Å². The van der Waals surface area contributed by atoms with Gasteiger partial charge in [0.05, 0.1) is 5.56 Å². The number of alkyl halides is 3. The van der Waals surface area contributed by atoms with Crippen LogP contribution < -0.4 is 5.32 Å². The smallest absolute Gasteiger partial charge is 0.308 e. The van der Waals surface area contributed by atoms with Crippen LogP contribution in [0.25, 0.3) is 0 Å². The number of nitrogens with one attached hydrogen (secondary N) is 1. The average Bonchev–Trinajstić information content (AvgIpc) is 2.55. The first-order valence-corrected chi connectivity index (χ1v) is 7.69. The first kappa shape index (κ1) is 16.0. The van der Waals surface area contributed by atoms with E-state index in [1.165, 1.54) is 5.56 Å². The van der Waals surface area contributed by atoms with E-state index in [1.807, 2.05) is 18.2 Å². The number of piperazine rings is 1. The van der Waals surface area contributed by atoms with E-state index >= 15 is 0 Å². The molecule has 0 aromatic heterocycles. The summed E-state index contributed by atoms with van der Waals surface area (Å²) in [4.78, 5) is 2.33. The van der Waals surface area contributed by atoms with Crippen molar-refractivity contribution in [3.05, 3.63) is 71.3 Å². The van der Waals surface area contributed by atoms with Gasteiger partial charge in [-0.2, -0.15) is 13.2 Å². The Balaban J connectivity index is 1.66. The van der Waals surface area contributed by atoms with Crippen LogP contribution in [0, 0.1) is 0 Å². The van der Waals surface area contributed by atoms with Gasteiger partial charge in [-0.1, -0.05) is 42.5 Å². The van der Waals surface area contributed by atoms with Crippen LogP contribution >= 0.6 is 0 Å². The molecule has 1 atom stereocenters. The third kappa shape index (κ3) is 4.12. The fourth-order valence-electron chi connectivity index (χ4n) is 2.92. The van der Waals surface area contributed by atoms with Crippen molar-refractivity contribution >= 4 is 0 Å². The molecule has 1 fully saturated rings. The van der Waals surface area contributed by atoms with Gasteiger partial charge in [-0.25, -0.2) is 0 Å². The monoisotopic (exact) mass is 320 g/mol. The summed E-state index contributed by atoms with van der Waals surface area (Å²) in [5, 5.41) is 3.39. The lowest BCUT2D eigenvalue weighted by molar-refractivity contribution is -0.137. The van der Waals surface area contributed by atoms with Gasteiger partial charge in [-0.05, 0) is 23.3 Å². The zero-order valence-corrected chi connectivity index (χ0v) is 12.7. The molecule has 2 aromatic carbocycles. The molecule has 5 heteroatoms. The van der Waals surface area contributed by atoms with E-state index in [1.54, 1.807) is 12.1 Å². The topological polar surface area (TPSA) is 15.3 Å². The van der Waals surface area contributed by atoms with Gasteiger partial charge in [0, 0.05) is 32.2 Å². The van der Waals surface area contributed by atoms with Crippen LogP contribution in [-0.2, 0) is 12.7 Å². The van der Waals surface area contributed by atoms with Crippen molar-refractivity contribution in [1.29, 1.82) is 0 Å². The molecule has 3 rings (SSSR count). The highest BCUT2D eigenvalue weighted by Gasteiger charge is 2.30. The Hall–Kier alpha value is -1.85. The molecule has 1 saturated heterocycles. The predicted octanol–water partition coefficient (Wildman–Crippen LogP) is 3.85. The van der Waals surface area contributed by atoms with Crippen molar-refractivity contribution in [2.45, 2.75) is 18.8 Å². The summed E-state index contributed by atoms with van der Waals surface area (Å²) in [5.74, 6) is 0. The third-order valence-corrected chi connectivity index (χ3v) is 4.15. The fourth-order valence-corrected chi connectivity index (χ4v) is 2.92. The Morgan fingerprint density at radius 2 is 1.70 bits per heavy atom. The Labute approximate surface area is 133 Å². The molecule has 1 aliphatic heterocycles. The lowest BCUT2D eigenvalue weighted by Gasteiger charge is -2.34. The third-order valence-electron chi connectivity index (χ3n) is 4.15. The van der Waals surface area contributed by atoms with Crippen LogP contribution in [-0.4, -0.2) is 24.5 Å². The summed E-state index contributed by atoms with van der Waals surface area (Å²) in [6.07, 6.45) is -4.28. The molecule has 0 spiro atoms. The molecule has 2 nitrogen and oxygen atoms in total. The molecule has 0 radical (unpaired) electrons. The van der Waals surface area contributed by atoms with Crippen LogP contribution in [0.1, 0.15) is 22.7 Å². The lowest BCUT2D eigenvalue weighted by Crippen LogP contribution is -2.45. The van der Waals surface area contributed by atoms with E-state index < -0.39 is 11.7 Å². The zero-order chi connectivity index (χ0) is 16.3. The maximum absolute atomic E-state index is 12.6. The maximum Gasteiger partial charge on any atom is 0.416 e. The molecule has 0 saturated carbocycles. The SMILES string of the molecule is FC(F)(F)c1ccc(C2CN(Cc3ccccc3)CCN2)cc1. The second-order valence-corrected chi connectivity index (χ2v) is 5.85. The highest BCUT2D eigenvalue weighted by Crippen LogP contribution is 2.30. The molecule has 1 N–H and O–H groups in total. The van der Waals surface area contributed by atoms with Crippen LogP contribution in [0.2, 0.25) is 0 Å². The summed E-state index contributed by atoms with van der Waals surface area (Å²) in [5.41, 5.74) is 1.55. The predicted molar refractivity (Wildman–Crippen MR) is 83.9 cm³/mol. The molecule has 0 aliphatic carbocycles. The van der Waals surface area contributed by atoms with Crippen LogP contribution in [0.4, 0.5) is 13.2 Å². The van der Waals surface area contributed by atoms with Crippen molar-refractivity contribution in [2.75, 3.05) is 19.6 Å². The van der Waals surface area contributed by atoms with Crippen molar-refractivity contribution in [3.8, 4) is 0 Å². The first-order valence-electron chi connectivity index (χ1n) is 7.69. The molecule has 2 aromatic rings. The van der Waals surface area contributed by atoms with Crippen molar-refractivity contribution in [3.63, 3.8) is 0 Å². The van der Waals surface area contributed by atoms with Crippen LogP contribution in [0.3, 0.4) is 0 Å². The maximum atomic E-state index is 12.6. The standard InChI is InChI=1S/C18H19F3N2/c19-18(20,21)16-8-6-15(7-9-16)17-13-23(11-10-22-17)12-14-4-2-1-3-5-14/h1-9,17,22H,10-13H2. The van der Waals surface area contributed by atoms with E-state index in [0.29, 0.717) is 0 Å². The molecular weight excluding hydrogens is 301 g/mol. The van der Waals surface area contributed by atoms with E-state index in [2.05, 4.69) is 22.3 Å². The summed E-state index contributed by atoms with van der Waals surface area (Å²) >= 11 is 0. The zero-order valence-electron chi connectivity index (χ0n) is 12.7. The number of nitrogens with zero attached hydrogens (tertiary/aromatic N) is 1. The highest BCUT2D eigenvalue weighted by molar-refractivity contribution is 5.27. The van der Waals surface area contributed by atoms with Crippen LogP contribution in [0.15, 0.2) is 54.6 Å². The Morgan fingerprint density at radius 1 is 1.00 bits per heavy atom. The molecule has 0 bridgehead atoms. The van der Waals surface area contributed by atoms with Gasteiger partial charge in [0.25, 0.3) is 0 Å². The fraction of sp³-hybridized carbons (Fsp3) is 0.333. The number of benzene rings is 2. The van der Waals surface area contributed by atoms with E-state index in [9.17, 15) is 13.2 Å². The van der Waals surface area contributed by atoms with Crippen molar-refractivity contribution < 1.29 is 13.2 Å². The summed E-state index contributed by atoms with van der Waals surface area (Å²) in [7, 11) is 0. The number of hydrogen-bond donors (Lipinski definition) is 1. The highest BCUT2D eigenvalue weighted by atomic mass is 19.4. The van der Waals surface area contributed by atoms with Gasteiger partial charge in [-0.3, -0.25) is 4.90 Å². The average molecular weight is 320 g/mol. The molecule has 23 heavy (non-hydrogen) atoms. The first-order chi connectivity index (χ1) is 11.0. The molecule has 1 aliphatic rings. The number of rotatable bonds is 3. The second-order valence-electron chi connectivity index (χ2n) is 5.85. The van der Waals surface area contributed by atoms with E-state index in [-0.39, 0.29) is 6.04 Å². The minimum absolute atomic E-state index is 0.0646.